The molecule has 1 amide bonds. The zero-order valence-corrected chi connectivity index (χ0v) is 10.6. The maximum absolute atomic E-state index is 11.8. The standard InChI is InChI=1S/C13H22N2O2/c1-2-3-7-12(14-17)8-9-13(16)15-10-5-4-6-11-15/h8-9,17H,2-7,10-11H2,1H3/b9-8+,14-12+. The molecule has 0 aromatic heterocycles. The van der Waals surface area contributed by atoms with Crippen LogP contribution in [0.15, 0.2) is 17.3 Å². The molecule has 1 aliphatic rings. The first-order valence-electron chi connectivity index (χ1n) is 6.46. The van der Waals surface area contributed by atoms with Gasteiger partial charge in [0.05, 0.1) is 5.71 Å². The minimum absolute atomic E-state index is 0.0300. The van der Waals surface area contributed by atoms with Crippen LogP contribution in [0.5, 0.6) is 0 Å². The topological polar surface area (TPSA) is 52.9 Å². The Kier molecular flexibility index (Phi) is 6.37. The van der Waals surface area contributed by atoms with Gasteiger partial charge in [-0.05, 0) is 38.2 Å². The highest BCUT2D eigenvalue weighted by Gasteiger charge is 2.13. The van der Waals surface area contributed by atoms with Gasteiger partial charge in [0.25, 0.3) is 0 Å². The van der Waals surface area contributed by atoms with E-state index < -0.39 is 0 Å². The van der Waals surface area contributed by atoms with Crippen LogP contribution in [-0.4, -0.2) is 34.8 Å². The summed E-state index contributed by atoms with van der Waals surface area (Å²) in [7, 11) is 0. The molecule has 0 atom stereocenters. The smallest absolute Gasteiger partial charge is 0.246 e. The largest absolute Gasteiger partial charge is 0.411 e. The van der Waals surface area contributed by atoms with E-state index in [9.17, 15) is 4.79 Å². The van der Waals surface area contributed by atoms with Crippen molar-refractivity contribution in [3.05, 3.63) is 12.2 Å². The summed E-state index contributed by atoms with van der Waals surface area (Å²) in [5, 5.41) is 12.0. The Labute approximate surface area is 103 Å². The van der Waals surface area contributed by atoms with Crippen molar-refractivity contribution in [2.45, 2.75) is 45.4 Å². The van der Waals surface area contributed by atoms with Gasteiger partial charge in [0.2, 0.25) is 5.91 Å². The number of rotatable bonds is 5. The first kappa shape index (κ1) is 13.7. The van der Waals surface area contributed by atoms with Crippen molar-refractivity contribution in [2.24, 2.45) is 5.16 Å². The number of nitrogens with zero attached hydrogens (tertiary/aromatic N) is 2. The highest BCUT2D eigenvalue weighted by molar-refractivity contribution is 6.00. The summed E-state index contributed by atoms with van der Waals surface area (Å²) in [6, 6.07) is 0. The van der Waals surface area contributed by atoms with E-state index in [1.165, 1.54) is 12.5 Å². The molecule has 17 heavy (non-hydrogen) atoms. The molecule has 1 heterocycles. The molecule has 0 saturated carbocycles. The summed E-state index contributed by atoms with van der Waals surface area (Å²) in [4.78, 5) is 13.7. The molecule has 0 aromatic carbocycles. The van der Waals surface area contributed by atoms with Crippen LogP contribution >= 0.6 is 0 Å². The molecule has 96 valence electrons. The fourth-order valence-electron chi connectivity index (χ4n) is 1.91. The summed E-state index contributed by atoms with van der Waals surface area (Å²) in [5.41, 5.74) is 0.581. The number of allylic oxidation sites excluding steroid dienone is 1. The number of likely N-dealkylation sites (tertiary alicyclic amines) is 1. The van der Waals surface area contributed by atoms with E-state index in [4.69, 9.17) is 5.21 Å². The van der Waals surface area contributed by atoms with Gasteiger partial charge in [-0.25, -0.2) is 0 Å². The highest BCUT2D eigenvalue weighted by Crippen LogP contribution is 2.09. The van der Waals surface area contributed by atoms with E-state index >= 15 is 0 Å². The fourth-order valence-corrected chi connectivity index (χ4v) is 1.91. The summed E-state index contributed by atoms with van der Waals surface area (Å²) in [6.07, 6.45) is 9.30. The van der Waals surface area contributed by atoms with Gasteiger partial charge in [0, 0.05) is 19.2 Å². The predicted octanol–water partition coefficient (Wildman–Crippen LogP) is 2.58. The van der Waals surface area contributed by atoms with Crippen LogP contribution in [0.25, 0.3) is 0 Å². The second-order valence-electron chi connectivity index (χ2n) is 4.41. The van der Waals surface area contributed by atoms with Gasteiger partial charge < -0.3 is 10.1 Å². The van der Waals surface area contributed by atoms with Crippen molar-refractivity contribution in [2.75, 3.05) is 13.1 Å². The molecule has 0 aromatic rings. The van der Waals surface area contributed by atoms with Crippen LogP contribution in [0, 0.1) is 0 Å². The average Bonchev–Trinajstić information content (AvgIpc) is 2.39. The van der Waals surface area contributed by atoms with Crippen molar-refractivity contribution in [3.63, 3.8) is 0 Å². The van der Waals surface area contributed by atoms with Gasteiger partial charge in [0.15, 0.2) is 0 Å². The van der Waals surface area contributed by atoms with Crippen molar-refractivity contribution in [1.29, 1.82) is 0 Å². The third-order valence-corrected chi connectivity index (χ3v) is 3.00. The van der Waals surface area contributed by atoms with E-state index in [1.54, 1.807) is 6.08 Å². The number of hydrogen-bond acceptors (Lipinski definition) is 3. The number of unbranched alkanes of at least 4 members (excludes halogenated alkanes) is 1. The first-order valence-corrected chi connectivity index (χ1v) is 6.46. The molecule has 1 N–H and O–H groups in total. The molecule has 4 heteroatoms. The van der Waals surface area contributed by atoms with Gasteiger partial charge in [-0.1, -0.05) is 18.5 Å². The Bertz CT molecular complexity index is 292. The molecule has 0 aliphatic carbocycles. The molecular formula is C13H22N2O2. The SMILES string of the molecule is CCCCC(/C=C/C(=O)N1CCCCC1)=N\O. The Hall–Kier alpha value is -1.32. The van der Waals surface area contributed by atoms with Crippen LogP contribution in [0.2, 0.25) is 0 Å². The molecular weight excluding hydrogens is 216 g/mol. The van der Waals surface area contributed by atoms with E-state index in [0.717, 1.165) is 45.2 Å². The van der Waals surface area contributed by atoms with Crippen LogP contribution in [0.4, 0.5) is 0 Å². The van der Waals surface area contributed by atoms with E-state index in [1.807, 2.05) is 4.90 Å². The summed E-state index contributed by atoms with van der Waals surface area (Å²) in [5.74, 6) is 0.0300. The molecule has 0 unspecified atom stereocenters. The van der Waals surface area contributed by atoms with Gasteiger partial charge >= 0.3 is 0 Å². The number of amides is 1. The fraction of sp³-hybridized carbons (Fsp3) is 0.692. The number of piperidine rings is 1. The summed E-state index contributed by atoms with van der Waals surface area (Å²) >= 11 is 0. The Morgan fingerprint density at radius 1 is 1.29 bits per heavy atom. The van der Waals surface area contributed by atoms with Crippen molar-refractivity contribution >= 4 is 11.6 Å². The maximum Gasteiger partial charge on any atom is 0.246 e. The third kappa shape index (κ3) is 5.02. The quantitative estimate of drug-likeness (QED) is 0.346. The number of hydrogen-bond donors (Lipinski definition) is 1. The lowest BCUT2D eigenvalue weighted by atomic mass is 10.1. The predicted molar refractivity (Wildman–Crippen MR) is 68.3 cm³/mol. The Balaban J connectivity index is 2.42. The van der Waals surface area contributed by atoms with Gasteiger partial charge in [0.1, 0.15) is 0 Å². The average molecular weight is 238 g/mol. The van der Waals surface area contributed by atoms with Gasteiger partial charge in [-0.15, -0.1) is 0 Å². The van der Waals surface area contributed by atoms with Crippen LogP contribution < -0.4 is 0 Å². The van der Waals surface area contributed by atoms with Gasteiger partial charge in [-0.3, -0.25) is 4.79 Å². The van der Waals surface area contributed by atoms with Gasteiger partial charge in [-0.2, -0.15) is 0 Å². The molecule has 1 rings (SSSR count). The minimum atomic E-state index is 0.0300. The number of carbonyl (C=O) groups excluding carboxylic acids is 1. The second kappa shape index (κ2) is 7.87. The molecule has 4 nitrogen and oxygen atoms in total. The minimum Gasteiger partial charge on any atom is -0.411 e. The number of carbonyl (C=O) groups is 1. The van der Waals surface area contributed by atoms with Crippen molar-refractivity contribution in [3.8, 4) is 0 Å². The lowest BCUT2D eigenvalue weighted by Gasteiger charge is -2.25. The Morgan fingerprint density at radius 2 is 2.00 bits per heavy atom. The zero-order chi connectivity index (χ0) is 12.5. The number of oxime groups is 1. The molecule has 0 bridgehead atoms. The Morgan fingerprint density at radius 3 is 2.59 bits per heavy atom. The van der Waals surface area contributed by atoms with Crippen LogP contribution in [0.1, 0.15) is 45.4 Å². The van der Waals surface area contributed by atoms with E-state index in [2.05, 4.69) is 12.1 Å². The first-order chi connectivity index (χ1) is 8.27. The molecule has 1 saturated heterocycles. The lowest BCUT2D eigenvalue weighted by Crippen LogP contribution is -2.34. The molecule has 0 spiro atoms. The molecule has 1 fully saturated rings. The molecule has 1 aliphatic heterocycles. The zero-order valence-electron chi connectivity index (χ0n) is 10.6. The van der Waals surface area contributed by atoms with Crippen molar-refractivity contribution < 1.29 is 10.0 Å². The van der Waals surface area contributed by atoms with Crippen LogP contribution in [0.3, 0.4) is 0 Å². The maximum atomic E-state index is 11.8. The summed E-state index contributed by atoms with van der Waals surface area (Å²) < 4.78 is 0. The van der Waals surface area contributed by atoms with Crippen LogP contribution in [-0.2, 0) is 4.79 Å². The monoisotopic (exact) mass is 238 g/mol. The summed E-state index contributed by atoms with van der Waals surface area (Å²) in [6.45, 7) is 3.78. The lowest BCUT2D eigenvalue weighted by molar-refractivity contribution is -0.126. The second-order valence-corrected chi connectivity index (χ2v) is 4.41. The van der Waals surface area contributed by atoms with Crippen molar-refractivity contribution in [1.82, 2.24) is 4.90 Å². The highest BCUT2D eigenvalue weighted by atomic mass is 16.4. The van der Waals surface area contributed by atoms with E-state index in [0.29, 0.717) is 5.71 Å². The normalized spacial score (nSPS) is 17.7. The molecule has 0 radical (unpaired) electrons. The third-order valence-electron chi connectivity index (χ3n) is 3.00. The van der Waals surface area contributed by atoms with E-state index in [-0.39, 0.29) is 5.91 Å².